The van der Waals surface area contributed by atoms with E-state index in [1.54, 1.807) is 30.3 Å². The lowest BCUT2D eigenvalue weighted by molar-refractivity contribution is -0.125. The Morgan fingerprint density at radius 3 is 2.72 bits per heavy atom. The first-order valence-corrected chi connectivity index (χ1v) is 9.28. The molecule has 1 aliphatic rings. The van der Waals surface area contributed by atoms with E-state index in [9.17, 15) is 9.59 Å². The Labute approximate surface area is 178 Å². The molecule has 1 aromatic carbocycles. The monoisotopic (exact) mass is 414 g/mol. The van der Waals surface area contributed by atoms with Crippen molar-refractivity contribution in [3.8, 4) is 0 Å². The zero-order valence-corrected chi connectivity index (χ0v) is 18.0. The summed E-state index contributed by atoms with van der Waals surface area (Å²) in [5.74, 6) is 0.448. The van der Waals surface area contributed by atoms with Crippen LogP contribution in [-0.4, -0.2) is 47.2 Å². The zero-order chi connectivity index (χ0) is 20.3. The van der Waals surface area contributed by atoms with Crippen molar-refractivity contribution in [2.75, 3.05) is 26.0 Å². The van der Waals surface area contributed by atoms with Gasteiger partial charge in [0, 0.05) is 38.0 Å². The Balaban J connectivity index is 0.00000300. The number of pyridine rings is 1. The minimum absolute atomic E-state index is 0. The Morgan fingerprint density at radius 2 is 2.00 bits per heavy atom. The van der Waals surface area contributed by atoms with Gasteiger partial charge >= 0.3 is 0 Å². The number of hydrogen-bond donors (Lipinski definition) is 1. The third kappa shape index (κ3) is 5.89. The van der Waals surface area contributed by atoms with Gasteiger partial charge in [-0.1, -0.05) is 18.2 Å². The summed E-state index contributed by atoms with van der Waals surface area (Å²) in [5, 5.41) is 2.81. The average Bonchev–Trinajstić information content (AvgIpc) is 2.78. The van der Waals surface area contributed by atoms with E-state index in [0.29, 0.717) is 25.5 Å². The second-order valence-corrected chi connectivity index (χ2v) is 7.44. The summed E-state index contributed by atoms with van der Waals surface area (Å²) in [4.78, 5) is 32.2. The summed E-state index contributed by atoms with van der Waals surface area (Å²) in [7, 11) is 3.68. The van der Waals surface area contributed by atoms with Gasteiger partial charge in [-0.25, -0.2) is 4.98 Å². The molecule has 6 nitrogen and oxygen atoms in total. The topological polar surface area (TPSA) is 65.5 Å². The number of likely N-dealkylation sites (N-methyl/N-ethyl adjacent to an activating group) is 2. The van der Waals surface area contributed by atoms with Crippen molar-refractivity contribution in [2.45, 2.75) is 26.9 Å². The van der Waals surface area contributed by atoms with Gasteiger partial charge in [-0.3, -0.25) is 14.5 Å². The van der Waals surface area contributed by atoms with Crippen LogP contribution in [0, 0.1) is 13.8 Å². The number of halogens is 1. The molecule has 0 aliphatic carbocycles. The van der Waals surface area contributed by atoms with Crippen molar-refractivity contribution >= 4 is 36.1 Å². The fourth-order valence-corrected chi connectivity index (χ4v) is 3.16. The lowest BCUT2D eigenvalue weighted by atomic mass is 10.1. The summed E-state index contributed by atoms with van der Waals surface area (Å²) in [5.41, 5.74) is 5.35. The normalized spacial score (nSPS) is 14.0. The average molecular weight is 415 g/mol. The minimum Gasteiger partial charge on any atom is -0.338 e. The number of nitrogens with one attached hydrogen (secondary N) is 1. The summed E-state index contributed by atoms with van der Waals surface area (Å²) in [6.07, 6.45) is 4.99. The molecule has 154 valence electrons. The number of nitrogens with zero attached hydrogens (tertiary/aromatic N) is 3. The maximum atomic E-state index is 12.5. The first kappa shape index (κ1) is 22.6. The van der Waals surface area contributed by atoms with E-state index in [-0.39, 0.29) is 24.2 Å². The number of benzene rings is 1. The molecule has 0 atom stereocenters. The van der Waals surface area contributed by atoms with Crippen LogP contribution in [0.4, 0.5) is 5.82 Å². The van der Waals surface area contributed by atoms with Crippen molar-refractivity contribution < 1.29 is 9.59 Å². The number of aryl methyl sites for hydroxylation is 2. The highest BCUT2D eigenvalue weighted by molar-refractivity contribution is 5.93. The van der Waals surface area contributed by atoms with E-state index in [4.69, 9.17) is 0 Å². The molecule has 0 bridgehead atoms. The van der Waals surface area contributed by atoms with Gasteiger partial charge in [-0.2, -0.15) is 0 Å². The number of hydrogen-bond acceptors (Lipinski definition) is 4. The standard InChI is InChI=1S/C22H26N4O2.ClH/c1-15-5-6-18(9-16(15)2)12-26(4)21(28)8-7-17-10-19-13-25(3)14-20(27)24-22(19)23-11-17;/h5-11H,12-14H2,1-4H3,(H,23,24,27);1H. The number of carbonyl (C=O) groups excluding carboxylic acids is 2. The highest BCUT2D eigenvalue weighted by Crippen LogP contribution is 2.19. The second-order valence-electron chi connectivity index (χ2n) is 7.44. The van der Waals surface area contributed by atoms with Gasteiger partial charge in [-0.15, -0.1) is 12.4 Å². The largest absolute Gasteiger partial charge is 0.338 e. The van der Waals surface area contributed by atoms with Crippen LogP contribution in [0.5, 0.6) is 0 Å². The fraction of sp³-hybridized carbons (Fsp3) is 0.318. The smallest absolute Gasteiger partial charge is 0.246 e. The molecule has 1 aromatic heterocycles. The zero-order valence-electron chi connectivity index (χ0n) is 17.2. The molecule has 0 fully saturated rings. The van der Waals surface area contributed by atoms with Crippen molar-refractivity contribution in [2.24, 2.45) is 0 Å². The van der Waals surface area contributed by atoms with Crippen LogP contribution in [0.15, 0.2) is 36.5 Å². The van der Waals surface area contributed by atoms with E-state index in [1.165, 1.54) is 11.1 Å². The summed E-state index contributed by atoms with van der Waals surface area (Å²) in [6.45, 7) is 5.68. The Hall–Kier alpha value is -2.70. The maximum absolute atomic E-state index is 12.5. The molecular formula is C22H27ClN4O2. The van der Waals surface area contributed by atoms with Crippen molar-refractivity contribution in [3.05, 3.63) is 64.4 Å². The molecule has 1 aliphatic heterocycles. The molecule has 29 heavy (non-hydrogen) atoms. The van der Waals surface area contributed by atoms with Crippen LogP contribution >= 0.6 is 12.4 Å². The molecule has 0 radical (unpaired) electrons. The summed E-state index contributed by atoms with van der Waals surface area (Å²) in [6, 6.07) is 8.20. The van der Waals surface area contributed by atoms with Crippen molar-refractivity contribution in [1.82, 2.24) is 14.8 Å². The molecule has 0 saturated heterocycles. The van der Waals surface area contributed by atoms with E-state index < -0.39 is 0 Å². The number of fused-ring (bicyclic) bond motifs is 1. The first-order chi connectivity index (χ1) is 13.3. The SMILES string of the molecule is Cc1ccc(CN(C)C(=O)C=Cc2cnc3c(c2)CN(C)CC(=O)N3)cc1C.Cl. The first-order valence-electron chi connectivity index (χ1n) is 9.28. The van der Waals surface area contributed by atoms with E-state index >= 15 is 0 Å². The van der Waals surface area contributed by atoms with Gasteiger partial charge in [0.15, 0.2) is 0 Å². The highest BCUT2D eigenvalue weighted by Gasteiger charge is 2.17. The molecule has 0 unspecified atom stereocenters. The van der Waals surface area contributed by atoms with Gasteiger partial charge in [0.05, 0.1) is 6.54 Å². The molecule has 7 heteroatoms. The van der Waals surface area contributed by atoms with Crippen molar-refractivity contribution in [1.29, 1.82) is 0 Å². The van der Waals surface area contributed by atoms with E-state index in [2.05, 4.69) is 42.3 Å². The van der Waals surface area contributed by atoms with Gasteiger partial charge in [-0.05, 0) is 55.3 Å². The van der Waals surface area contributed by atoms with E-state index in [0.717, 1.165) is 16.7 Å². The molecule has 3 rings (SSSR count). The third-order valence-corrected chi connectivity index (χ3v) is 4.89. The van der Waals surface area contributed by atoms with Crippen LogP contribution in [0.25, 0.3) is 6.08 Å². The van der Waals surface area contributed by atoms with Gasteiger partial charge in [0.2, 0.25) is 11.8 Å². The minimum atomic E-state index is -0.0707. The number of aromatic nitrogens is 1. The van der Waals surface area contributed by atoms with Crippen LogP contribution in [0.1, 0.15) is 27.8 Å². The van der Waals surface area contributed by atoms with Gasteiger partial charge < -0.3 is 10.2 Å². The number of carbonyl (C=O) groups is 2. The van der Waals surface area contributed by atoms with Crippen LogP contribution < -0.4 is 5.32 Å². The predicted molar refractivity (Wildman–Crippen MR) is 118 cm³/mol. The van der Waals surface area contributed by atoms with Crippen LogP contribution in [0.3, 0.4) is 0 Å². The highest BCUT2D eigenvalue weighted by atomic mass is 35.5. The Morgan fingerprint density at radius 1 is 1.24 bits per heavy atom. The predicted octanol–water partition coefficient (Wildman–Crippen LogP) is 3.18. The molecular weight excluding hydrogens is 388 g/mol. The van der Waals surface area contributed by atoms with Crippen molar-refractivity contribution in [3.63, 3.8) is 0 Å². The number of amides is 2. The van der Waals surface area contributed by atoms with Crippen LogP contribution in [-0.2, 0) is 22.7 Å². The maximum Gasteiger partial charge on any atom is 0.246 e. The summed E-state index contributed by atoms with van der Waals surface area (Å²) >= 11 is 0. The molecule has 1 N–H and O–H groups in total. The quantitative estimate of drug-likeness (QED) is 0.780. The van der Waals surface area contributed by atoms with Crippen LogP contribution in [0.2, 0.25) is 0 Å². The Kier molecular flexibility index (Phi) is 7.53. The van der Waals surface area contributed by atoms with Gasteiger partial charge in [0.25, 0.3) is 0 Å². The number of anilines is 1. The third-order valence-electron chi connectivity index (χ3n) is 4.89. The number of rotatable bonds is 4. The fourth-order valence-electron chi connectivity index (χ4n) is 3.16. The lowest BCUT2D eigenvalue weighted by Crippen LogP contribution is -2.26. The van der Waals surface area contributed by atoms with E-state index in [1.807, 2.05) is 18.0 Å². The molecule has 2 amide bonds. The summed E-state index contributed by atoms with van der Waals surface area (Å²) < 4.78 is 0. The molecule has 0 saturated carbocycles. The molecule has 2 aromatic rings. The second kappa shape index (κ2) is 9.67. The molecule has 2 heterocycles. The molecule has 0 spiro atoms. The van der Waals surface area contributed by atoms with Gasteiger partial charge in [0.1, 0.15) is 5.82 Å². The Bertz CT molecular complexity index is 942. The lowest BCUT2D eigenvalue weighted by Gasteiger charge is -2.16.